The van der Waals surface area contributed by atoms with Crippen LogP contribution in [0.4, 0.5) is 0 Å². The first-order valence-electron chi connectivity index (χ1n) is 5.88. The van der Waals surface area contributed by atoms with Gasteiger partial charge in [0.1, 0.15) is 0 Å². The maximum Gasteiger partial charge on any atom is 0.0734 e. The Morgan fingerprint density at radius 1 is 1.31 bits per heavy atom. The van der Waals surface area contributed by atoms with Crippen molar-refractivity contribution in [3.05, 3.63) is 28.4 Å². The highest BCUT2D eigenvalue weighted by Gasteiger charge is 2.22. The van der Waals surface area contributed by atoms with Crippen LogP contribution in [0.25, 0.3) is 10.9 Å². The normalized spacial score (nSPS) is 17.4. The van der Waals surface area contributed by atoms with Crippen molar-refractivity contribution in [1.82, 2.24) is 9.78 Å². The van der Waals surface area contributed by atoms with Crippen LogP contribution in [0.3, 0.4) is 0 Å². The van der Waals surface area contributed by atoms with E-state index in [1.54, 1.807) is 0 Å². The lowest BCUT2D eigenvalue weighted by molar-refractivity contribution is 0.666. The van der Waals surface area contributed by atoms with E-state index in [2.05, 4.69) is 34.1 Å². The Balaban J connectivity index is 2.18. The largest absolute Gasteiger partial charge is 0.268 e. The van der Waals surface area contributed by atoms with E-state index in [9.17, 15) is 0 Å². The molecule has 2 aromatic rings. The highest BCUT2D eigenvalue weighted by atomic mass is 79.9. The van der Waals surface area contributed by atoms with Gasteiger partial charge in [-0.1, -0.05) is 28.8 Å². The van der Waals surface area contributed by atoms with Crippen molar-refractivity contribution in [2.24, 2.45) is 7.05 Å². The Labute approximate surface area is 104 Å². The van der Waals surface area contributed by atoms with Crippen molar-refractivity contribution in [2.75, 3.05) is 0 Å². The van der Waals surface area contributed by atoms with Gasteiger partial charge in [-0.2, -0.15) is 5.10 Å². The quantitative estimate of drug-likeness (QED) is 0.771. The molecule has 1 aliphatic rings. The van der Waals surface area contributed by atoms with E-state index in [-0.39, 0.29) is 0 Å². The fraction of sp³-hybridized carbons (Fsp3) is 0.462. The maximum atomic E-state index is 4.71. The summed E-state index contributed by atoms with van der Waals surface area (Å²) in [6.07, 6.45) is 5.34. The molecule has 1 heterocycles. The van der Waals surface area contributed by atoms with Gasteiger partial charge < -0.3 is 0 Å². The smallest absolute Gasteiger partial charge is 0.0734 e. The lowest BCUT2D eigenvalue weighted by atomic mass is 10.0. The molecule has 1 fully saturated rings. The number of nitrogens with zero attached hydrogens (tertiary/aromatic N) is 2. The second kappa shape index (κ2) is 3.88. The number of aryl methyl sites for hydroxylation is 1. The van der Waals surface area contributed by atoms with E-state index in [0.29, 0.717) is 5.92 Å². The number of fused-ring (bicyclic) bond motifs is 1. The highest BCUT2D eigenvalue weighted by molar-refractivity contribution is 9.10. The first-order chi connectivity index (χ1) is 7.75. The maximum absolute atomic E-state index is 4.71. The number of rotatable bonds is 1. The van der Waals surface area contributed by atoms with Crippen molar-refractivity contribution < 1.29 is 0 Å². The van der Waals surface area contributed by atoms with Crippen LogP contribution in [0, 0.1) is 0 Å². The van der Waals surface area contributed by atoms with Crippen LogP contribution in [0.1, 0.15) is 37.3 Å². The van der Waals surface area contributed by atoms with Gasteiger partial charge in [0.25, 0.3) is 0 Å². The van der Waals surface area contributed by atoms with E-state index in [1.807, 2.05) is 11.7 Å². The average Bonchev–Trinajstić information content (AvgIpc) is 2.87. The van der Waals surface area contributed by atoms with Gasteiger partial charge in [0.05, 0.1) is 11.2 Å². The number of hydrogen-bond donors (Lipinski definition) is 0. The van der Waals surface area contributed by atoms with Gasteiger partial charge in [-0.05, 0) is 31.0 Å². The minimum atomic E-state index is 0.685. The summed E-state index contributed by atoms with van der Waals surface area (Å²) in [5.74, 6) is 0.685. The van der Waals surface area contributed by atoms with Crippen molar-refractivity contribution in [3.8, 4) is 0 Å². The van der Waals surface area contributed by atoms with Gasteiger partial charge in [-0.15, -0.1) is 0 Å². The van der Waals surface area contributed by atoms with Gasteiger partial charge in [-0.25, -0.2) is 0 Å². The summed E-state index contributed by atoms with van der Waals surface area (Å²) in [5.41, 5.74) is 2.54. The molecule has 3 heteroatoms. The lowest BCUT2D eigenvalue weighted by Gasteiger charge is -2.04. The van der Waals surface area contributed by atoms with E-state index in [0.717, 1.165) is 4.47 Å². The molecule has 0 aliphatic heterocycles. The molecular weight excluding hydrogens is 264 g/mol. The molecule has 0 bridgehead atoms. The third kappa shape index (κ3) is 1.58. The summed E-state index contributed by atoms with van der Waals surface area (Å²) < 4.78 is 3.13. The van der Waals surface area contributed by atoms with Gasteiger partial charge in [0.15, 0.2) is 0 Å². The number of benzene rings is 1. The Bertz CT molecular complexity index is 524. The number of halogens is 1. The fourth-order valence-corrected chi connectivity index (χ4v) is 3.11. The van der Waals surface area contributed by atoms with Crippen molar-refractivity contribution in [1.29, 1.82) is 0 Å². The van der Waals surface area contributed by atoms with Crippen LogP contribution >= 0.6 is 15.9 Å². The predicted molar refractivity (Wildman–Crippen MR) is 69.6 cm³/mol. The first-order valence-corrected chi connectivity index (χ1v) is 6.67. The molecule has 0 atom stereocenters. The number of hydrogen-bond acceptors (Lipinski definition) is 1. The van der Waals surface area contributed by atoms with Crippen molar-refractivity contribution >= 4 is 26.8 Å². The zero-order valence-corrected chi connectivity index (χ0v) is 11.0. The van der Waals surface area contributed by atoms with Crippen molar-refractivity contribution in [2.45, 2.75) is 31.6 Å². The van der Waals surface area contributed by atoms with E-state index in [4.69, 9.17) is 5.10 Å². The second-order valence-corrected chi connectivity index (χ2v) is 5.57. The van der Waals surface area contributed by atoms with Crippen molar-refractivity contribution in [3.63, 3.8) is 0 Å². The fourth-order valence-electron chi connectivity index (χ4n) is 2.76. The molecule has 1 aliphatic carbocycles. The minimum absolute atomic E-state index is 0.685. The molecule has 84 valence electrons. The molecule has 0 radical (unpaired) electrons. The Hall–Kier alpha value is -0.830. The Kier molecular flexibility index (Phi) is 2.51. The van der Waals surface area contributed by atoms with E-state index < -0.39 is 0 Å². The van der Waals surface area contributed by atoms with Crippen LogP contribution < -0.4 is 0 Å². The summed E-state index contributed by atoms with van der Waals surface area (Å²) in [6, 6.07) is 6.46. The van der Waals surface area contributed by atoms with Crippen LogP contribution in [0.15, 0.2) is 22.7 Å². The zero-order chi connectivity index (χ0) is 11.1. The molecule has 0 amide bonds. The van der Waals surface area contributed by atoms with Gasteiger partial charge in [0.2, 0.25) is 0 Å². The molecule has 1 aromatic carbocycles. The number of aromatic nitrogens is 2. The van der Waals surface area contributed by atoms with Crippen LogP contribution in [0.5, 0.6) is 0 Å². The monoisotopic (exact) mass is 278 g/mol. The molecule has 3 rings (SSSR count). The van der Waals surface area contributed by atoms with Gasteiger partial charge in [-0.3, -0.25) is 4.68 Å². The Morgan fingerprint density at radius 3 is 2.81 bits per heavy atom. The molecule has 16 heavy (non-hydrogen) atoms. The third-order valence-corrected chi connectivity index (χ3v) is 4.08. The average molecular weight is 279 g/mol. The summed E-state index contributed by atoms with van der Waals surface area (Å²) in [6.45, 7) is 0. The SMILES string of the molecule is Cn1nc(C2CCCC2)c2ccc(Br)cc21. The molecule has 1 saturated carbocycles. The molecule has 0 spiro atoms. The van der Waals surface area contributed by atoms with E-state index >= 15 is 0 Å². The topological polar surface area (TPSA) is 17.8 Å². The second-order valence-electron chi connectivity index (χ2n) is 4.65. The van der Waals surface area contributed by atoms with Crippen LogP contribution in [-0.4, -0.2) is 9.78 Å². The molecular formula is C13H15BrN2. The third-order valence-electron chi connectivity index (χ3n) is 3.58. The Morgan fingerprint density at radius 2 is 2.06 bits per heavy atom. The van der Waals surface area contributed by atoms with Gasteiger partial charge >= 0.3 is 0 Å². The summed E-state index contributed by atoms with van der Waals surface area (Å²) in [5, 5.41) is 6.04. The standard InChI is InChI=1S/C13H15BrN2/c1-16-12-8-10(14)6-7-11(12)13(15-16)9-4-2-3-5-9/h6-9H,2-5H2,1H3. The molecule has 0 N–H and O–H groups in total. The molecule has 1 aromatic heterocycles. The van der Waals surface area contributed by atoms with Crippen LogP contribution in [-0.2, 0) is 7.05 Å². The van der Waals surface area contributed by atoms with Gasteiger partial charge in [0, 0.05) is 22.8 Å². The van der Waals surface area contributed by atoms with E-state index in [1.165, 1.54) is 42.3 Å². The summed E-state index contributed by atoms with van der Waals surface area (Å²) >= 11 is 3.52. The van der Waals surface area contributed by atoms with Crippen LogP contribution in [0.2, 0.25) is 0 Å². The lowest BCUT2D eigenvalue weighted by Crippen LogP contribution is -1.96. The first kappa shape index (κ1) is 10.3. The minimum Gasteiger partial charge on any atom is -0.268 e. The zero-order valence-electron chi connectivity index (χ0n) is 9.41. The molecule has 0 unspecified atom stereocenters. The summed E-state index contributed by atoms with van der Waals surface area (Å²) in [7, 11) is 2.03. The highest BCUT2D eigenvalue weighted by Crippen LogP contribution is 2.37. The predicted octanol–water partition coefficient (Wildman–Crippen LogP) is 3.99. The summed E-state index contributed by atoms with van der Waals surface area (Å²) in [4.78, 5) is 0. The molecule has 0 saturated heterocycles. The molecule has 2 nitrogen and oxygen atoms in total.